The van der Waals surface area contributed by atoms with Crippen molar-refractivity contribution >= 4 is 27.1 Å². The van der Waals surface area contributed by atoms with E-state index in [0.717, 1.165) is 44.7 Å². The van der Waals surface area contributed by atoms with Crippen LogP contribution in [0.4, 0.5) is 0 Å². The highest BCUT2D eigenvalue weighted by Crippen LogP contribution is 2.32. The molecule has 2 aliphatic rings. The smallest absolute Gasteiger partial charge is 0.164 e. The van der Waals surface area contributed by atoms with E-state index in [1.807, 2.05) is 0 Å². The summed E-state index contributed by atoms with van der Waals surface area (Å²) in [4.78, 5) is 15.2. The van der Waals surface area contributed by atoms with Crippen molar-refractivity contribution in [2.24, 2.45) is 5.92 Å². The summed E-state index contributed by atoms with van der Waals surface area (Å²) in [6.07, 6.45) is 22.4. The van der Waals surface area contributed by atoms with Crippen LogP contribution in [0.15, 0.2) is 151 Å². The predicted molar refractivity (Wildman–Crippen MR) is 166 cm³/mol. The monoisotopic (exact) mass is 513 g/mol. The first-order valence-corrected chi connectivity index (χ1v) is 13.7. The number of hydrogen-bond acceptors (Lipinski definition) is 3. The summed E-state index contributed by atoms with van der Waals surface area (Å²) in [7, 11) is 0. The molecule has 190 valence electrons. The standard InChI is InChI=1S/C37H27N3/c1-2-4-13-26(12-3-1)27-16-9-19-30(25-24-27)35-38-36(33-22-10-17-28-14-5-7-20-31(28)33)40-37(39-35)34-23-11-18-29-15-6-8-21-32(29)34/h1-8,10-26H,9H2. The van der Waals surface area contributed by atoms with Crippen LogP contribution >= 0.6 is 0 Å². The van der Waals surface area contributed by atoms with E-state index in [1.54, 1.807) is 0 Å². The predicted octanol–water partition coefficient (Wildman–Crippen LogP) is 9.08. The Morgan fingerprint density at radius 3 is 1.68 bits per heavy atom. The van der Waals surface area contributed by atoms with E-state index in [-0.39, 0.29) is 5.92 Å². The maximum absolute atomic E-state index is 5.08. The second-order valence-electron chi connectivity index (χ2n) is 9.97. The van der Waals surface area contributed by atoms with Crippen LogP contribution in [0, 0.1) is 5.92 Å². The van der Waals surface area contributed by atoms with Crippen LogP contribution in [0.25, 0.3) is 49.9 Å². The second-order valence-corrected chi connectivity index (χ2v) is 9.97. The zero-order chi connectivity index (χ0) is 26.7. The molecule has 0 unspecified atom stereocenters. The summed E-state index contributed by atoms with van der Waals surface area (Å²) >= 11 is 0. The third-order valence-corrected chi connectivity index (χ3v) is 7.46. The Balaban J connectivity index is 1.38. The van der Waals surface area contributed by atoms with E-state index in [2.05, 4.69) is 146 Å². The molecule has 1 heterocycles. The van der Waals surface area contributed by atoms with Gasteiger partial charge in [-0.1, -0.05) is 146 Å². The Morgan fingerprint density at radius 1 is 0.500 bits per heavy atom. The van der Waals surface area contributed by atoms with E-state index in [1.165, 1.54) is 5.57 Å². The molecule has 3 heteroatoms. The first-order valence-electron chi connectivity index (χ1n) is 13.7. The molecular weight excluding hydrogens is 486 g/mol. The fourth-order valence-corrected chi connectivity index (χ4v) is 5.43. The fourth-order valence-electron chi connectivity index (χ4n) is 5.43. The molecule has 0 N–H and O–H groups in total. The summed E-state index contributed by atoms with van der Waals surface area (Å²) in [5.74, 6) is 2.28. The Bertz CT molecular complexity index is 1810. The quantitative estimate of drug-likeness (QED) is 0.241. The lowest BCUT2D eigenvalue weighted by molar-refractivity contribution is 0.997. The molecule has 0 fully saturated rings. The average molecular weight is 514 g/mol. The lowest BCUT2D eigenvalue weighted by Gasteiger charge is -2.12. The summed E-state index contributed by atoms with van der Waals surface area (Å²) in [5, 5.41) is 4.58. The van der Waals surface area contributed by atoms with Crippen LogP contribution < -0.4 is 0 Å². The van der Waals surface area contributed by atoms with Crippen LogP contribution in [-0.2, 0) is 0 Å². The Morgan fingerprint density at radius 2 is 1.05 bits per heavy atom. The molecular formula is C37H27N3. The minimum Gasteiger partial charge on any atom is -0.208 e. The third kappa shape index (κ3) is 4.63. The van der Waals surface area contributed by atoms with Crippen molar-refractivity contribution < 1.29 is 0 Å². The van der Waals surface area contributed by atoms with E-state index in [0.29, 0.717) is 17.5 Å². The minimum atomic E-state index is 0.245. The molecule has 0 radical (unpaired) electrons. The number of aromatic nitrogens is 3. The van der Waals surface area contributed by atoms with Crippen molar-refractivity contribution in [3.05, 3.63) is 157 Å². The van der Waals surface area contributed by atoms with Crippen molar-refractivity contribution in [2.45, 2.75) is 6.42 Å². The number of rotatable bonds is 4. The summed E-state index contributed by atoms with van der Waals surface area (Å²) in [6, 6.07) is 29.4. The molecule has 0 spiro atoms. The topological polar surface area (TPSA) is 38.7 Å². The molecule has 0 saturated heterocycles. The lowest BCUT2D eigenvalue weighted by Crippen LogP contribution is -2.03. The third-order valence-electron chi connectivity index (χ3n) is 7.46. The Labute approximate surface area is 234 Å². The summed E-state index contributed by atoms with van der Waals surface area (Å²) in [6.45, 7) is 0. The molecule has 4 aromatic carbocycles. The van der Waals surface area contributed by atoms with E-state index < -0.39 is 0 Å². The zero-order valence-corrected chi connectivity index (χ0v) is 22.0. The van der Waals surface area contributed by atoms with Gasteiger partial charge < -0.3 is 0 Å². The minimum absolute atomic E-state index is 0.245. The number of allylic oxidation sites excluding steroid dienone is 12. The first kappa shape index (κ1) is 23.9. The van der Waals surface area contributed by atoms with Gasteiger partial charge >= 0.3 is 0 Å². The fraction of sp³-hybridized carbons (Fsp3) is 0.0541. The molecule has 0 bridgehead atoms. The van der Waals surface area contributed by atoms with E-state index in [4.69, 9.17) is 15.0 Å². The molecule has 5 aromatic rings. The van der Waals surface area contributed by atoms with Crippen molar-refractivity contribution in [3.63, 3.8) is 0 Å². The number of fused-ring (bicyclic) bond motifs is 2. The van der Waals surface area contributed by atoms with Gasteiger partial charge in [-0.3, -0.25) is 0 Å². The largest absolute Gasteiger partial charge is 0.208 e. The second kappa shape index (κ2) is 10.5. The highest BCUT2D eigenvalue weighted by atomic mass is 15.0. The zero-order valence-electron chi connectivity index (χ0n) is 22.0. The molecule has 2 aliphatic carbocycles. The molecule has 0 atom stereocenters. The van der Waals surface area contributed by atoms with Crippen molar-refractivity contribution in [1.82, 2.24) is 15.0 Å². The van der Waals surface area contributed by atoms with E-state index in [9.17, 15) is 0 Å². The molecule has 40 heavy (non-hydrogen) atoms. The van der Waals surface area contributed by atoms with Crippen LogP contribution in [0.5, 0.6) is 0 Å². The van der Waals surface area contributed by atoms with Gasteiger partial charge in [0, 0.05) is 22.6 Å². The van der Waals surface area contributed by atoms with Gasteiger partial charge in [0.15, 0.2) is 17.5 Å². The van der Waals surface area contributed by atoms with Crippen molar-refractivity contribution in [1.29, 1.82) is 0 Å². The van der Waals surface area contributed by atoms with Crippen molar-refractivity contribution in [2.75, 3.05) is 0 Å². The molecule has 7 rings (SSSR count). The van der Waals surface area contributed by atoms with Gasteiger partial charge in [-0.2, -0.15) is 0 Å². The number of nitrogens with zero attached hydrogens (tertiary/aromatic N) is 3. The molecule has 0 saturated carbocycles. The molecule has 1 aromatic heterocycles. The average Bonchev–Trinajstić information content (AvgIpc) is 3.44. The van der Waals surface area contributed by atoms with Crippen LogP contribution in [0.3, 0.4) is 0 Å². The Hall–Kier alpha value is -5.15. The van der Waals surface area contributed by atoms with Gasteiger partial charge in [0.25, 0.3) is 0 Å². The maximum atomic E-state index is 5.08. The van der Waals surface area contributed by atoms with Crippen LogP contribution in [0.2, 0.25) is 0 Å². The number of benzene rings is 4. The summed E-state index contributed by atoms with van der Waals surface area (Å²) < 4.78 is 0. The van der Waals surface area contributed by atoms with Crippen molar-refractivity contribution in [3.8, 4) is 22.8 Å². The highest BCUT2D eigenvalue weighted by Gasteiger charge is 2.17. The van der Waals surface area contributed by atoms with Gasteiger partial charge in [0.05, 0.1) is 0 Å². The lowest BCUT2D eigenvalue weighted by atomic mass is 9.97. The summed E-state index contributed by atoms with van der Waals surface area (Å²) in [5.41, 5.74) is 4.26. The van der Waals surface area contributed by atoms with Gasteiger partial charge in [-0.05, 0) is 33.5 Å². The SMILES string of the molecule is C1=CC=CC(C2=CCC=C(c3nc(-c4cccc5ccccc45)nc(-c4cccc5ccccc45)n3)C=C2)C=C1. The van der Waals surface area contributed by atoms with Gasteiger partial charge in [0.2, 0.25) is 0 Å². The van der Waals surface area contributed by atoms with Gasteiger partial charge in [0.1, 0.15) is 0 Å². The van der Waals surface area contributed by atoms with Gasteiger partial charge in [-0.25, -0.2) is 15.0 Å². The van der Waals surface area contributed by atoms with E-state index >= 15 is 0 Å². The van der Waals surface area contributed by atoms with Gasteiger partial charge in [-0.15, -0.1) is 0 Å². The number of hydrogen-bond donors (Lipinski definition) is 0. The Kier molecular flexibility index (Phi) is 6.31. The normalized spacial score (nSPS) is 15.2. The maximum Gasteiger partial charge on any atom is 0.164 e. The molecule has 0 amide bonds. The van der Waals surface area contributed by atoms with Crippen LogP contribution in [-0.4, -0.2) is 15.0 Å². The molecule has 0 aliphatic heterocycles. The van der Waals surface area contributed by atoms with Crippen LogP contribution in [0.1, 0.15) is 12.2 Å². The highest BCUT2D eigenvalue weighted by molar-refractivity contribution is 5.97. The molecule has 3 nitrogen and oxygen atoms in total. The first-order chi connectivity index (χ1) is 19.8.